The Morgan fingerprint density at radius 2 is 2.07 bits per heavy atom. The number of halogens is 1. The van der Waals surface area contributed by atoms with Crippen molar-refractivity contribution < 1.29 is 28.2 Å². The molecule has 2 heterocycles. The van der Waals surface area contributed by atoms with Crippen LogP contribution >= 0.6 is 0 Å². The molecule has 1 fully saturated rings. The predicted molar refractivity (Wildman–Crippen MR) is 105 cm³/mol. The smallest absolute Gasteiger partial charge is 0.414 e. The summed E-state index contributed by atoms with van der Waals surface area (Å²) in [6.07, 6.45) is -1.01. The van der Waals surface area contributed by atoms with Gasteiger partial charge in [-0.25, -0.2) is 14.0 Å². The minimum absolute atomic E-state index is 0.0767. The molecule has 0 radical (unpaired) electrons. The molecule has 1 aromatic carbocycles. The molecule has 0 aromatic heterocycles. The highest BCUT2D eigenvalue weighted by atomic mass is 19.1. The van der Waals surface area contributed by atoms with E-state index in [0.29, 0.717) is 17.8 Å². The van der Waals surface area contributed by atoms with Crippen LogP contribution in [-0.4, -0.2) is 49.4 Å². The molecule has 1 unspecified atom stereocenters. The summed E-state index contributed by atoms with van der Waals surface area (Å²) in [5.41, 5.74) is 0.545. The largest absolute Gasteiger partial charge is 0.444 e. The molecule has 1 saturated heterocycles. The van der Waals surface area contributed by atoms with Gasteiger partial charge in [-0.1, -0.05) is 6.92 Å². The summed E-state index contributed by atoms with van der Waals surface area (Å²) >= 11 is 0. The number of carbonyl (C=O) groups excluding carboxylic acids is 3. The Labute approximate surface area is 168 Å². The highest BCUT2D eigenvalue weighted by Gasteiger charge is 2.36. The number of hydrogen-bond acceptors (Lipinski definition) is 5. The van der Waals surface area contributed by atoms with E-state index in [1.54, 1.807) is 26.8 Å². The fraction of sp³-hybridized carbons (Fsp3) is 0.550. The van der Waals surface area contributed by atoms with E-state index in [1.165, 1.54) is 15.9 Å². The first-order valence-electron chi connectivity index (χ1n) is 9.67. The molecule has 2 aliphatic rings. The fourth-order valence-corrected chi connectivity index (χ4v) is 3.43. The molecule has 3 rings (SSSR count). The number of ether oxygens (including phenoxy) is 2. The van der Waals surface area contributed by atoms with E-state index < -0.39 is 29.7 Å². The van der Waals surface area contributed by atoms with Crippen LogP contribution < -0.4 is 15.1 Å². The number of nitrogens with one attached hydrogen (secondary N) is 1. The number of amides is 3. The Morgan fingerprint density at radius 3 is 2.72 bits per heavy atom. The molecule has 1 aromatic rings. The summed E-state index contributed by atoms with van der Waals surface area (Å²) in [7, 11) is 0. The SMILES string of the molecule is CCCN1C(=O)Cc2cc(N3CC(CNC(=O)OC(C)(C)C)OC3=O)cc(F)c21. The van der Waals surface area contributed by atoms with Gasteiger partial charge in [0, 0.05) is 6.54 Å². The van der Waals surface area contributed by atoms with Crippen molar-refractivity contribution in [3.05, 3.63) is 23.5 Å². The zero-order valence-electron chi connectivity index (χ0n) is 17.1. The van der Waals surface area contributed by atoms with Crippen molar-refractivity contribution in [2.45, 2.75) is 52.2 Å². The Kier molecular flexibility index (Phi) is 5.68. The van der Waals surface area contributed by atoms with Gasteiger partial charge in [0.25, 0.3) is 0 Å². The summed E-state index contributed by atoms with van der Waals surface area (Å²) in [5, 5.41) is 2.56. The minimum atomic E-state index is -0.631. The maximum atomic E-state index is 14.7. The molecular weight excluding hydrogens is 381 g/mol. The standard InChI is InChI=1S/C20H26FN3O5/c1-5-6-23-16(25)8-12-7-13(9-15(21)17(12)23)24-11-14(28-19(24)27)10-22-18(26)29-20(2,3)4/h7,9,14H,5-6,8,10-11H2,1-4H3,(H,22,26). The van der Waals surface area contributed by atoms with Crippen LogP contribution in [0, 0.1) is 5.82 Å². The summed E-state index contributed by atoms with van der Waals surface area (Å²) in [4.78, 5) is 38.9. The quantitative estimate of drug-likeness (QED) is 0.811. The topological polar surface area (TPSA) is 88.2 Å². The van der Waals surface area contributed by atoms with Crippen molar-refractivity contribution in [2.24, 2.45) is 0 Å². The van der Waals surface area contributed by atoms with Gasteiger partial charge >= 0.3 is 12.2 Å². The molecule has 9 heteroatoms. The zero-order valence-corrected chi connectivity index (χ0v) is 17.1. The number of rotatable bonds is 5. The number of alkyl carbamates (subject to hydrolysis) is 1. The predicted octanol–water partition coefficient (Wildman–Crippen LogP) is 2.97. The Bertz CT molecular complexity index is 836. The fourth-order valence-electron chi connectivity index (χ4n) is 3.43. The molecule has 0 bridgehead atoms. The molecular formula is C20H26FN3O5. The van der Waals surface area contributed by atoms with Gasteiger partial charge in [0.15, 0.2) is 0 Å². The number of fused-ring (bicyclic) bond motifs is 1. The van der Waals surface area contributed by atoms with Gasteiger partial charge in [-0.05, 0) is 44.9 Å². The van der Waals surface area contributed by atoms with Crippen molar-refractivity contribution in [2.75, 3.05) is 29.4 Å². The first kappa shape index (κ1) is 20.9. The molecule has 0 spiro atoms. The summed E-state index contributed by atoms with van der Waals surface area (Å²) < 4.78 is 25.2. The molecule has 2 aliphatic heterocycles. The molecule has 0 saturated carbocycles. The highest BCUT2D eigenvalue weighted by molar-refractivity contribution is 6.02. The average molecular weight is 407 g/mol. The highest BCUT2D eigenvalue weighted by Crippen LogP contribution is 2.36. The lowest BCUT2D eigenvalue weighted by Crippen LogP contribution is -2.38. The second-order valence-electron chi connectivity index (χ2n) is 8.16. The van der Waals surface area contributed by atoms with Gasteiger partial charge in [-0.3, -0.25) is 9.69 Å². The molecule has 1 atom stereocenters. The number of benzene rings is 1. The van der Waals surface area contributed by atoms with Crippen molar-refractivity contribution in [1.29, 1.82) is 0 Å². The Balaban J connectivity index is 1.68. The van der Waals surface area contributed by atoms with Crippen LogP contribution in [0.3, 0.4) is 0 Å². The molecule has 8 nitrogen and oxygen atoms in total. The van der Waals surface area contributed by atoms with Crippen LogP contribution in [0.4, 0.5) is 25.4 Å². The first-order chi connectivity index (χ1) is 13.6. The molecule has 3 amide bonds. The third-order valence-electron chi connectivity index (χ3n) is 4.55. The summed E-state index contributed by atoms with van der Waals surface area (Å²) in [5.74, 6) is -0.693. The lowest BCUT2D eigenvalue weighted by molar-refractivity contribution is -0.117. The Hall–Kier alpha value is -2.84. The third-order valence-corrected chi connectivity index (χ3v) is 4.55. The average Bonchev–Trinajstić information content (AvgIpc) is 3.12. The molecule has 158 valence electrons. The van der Waals surface area contributed by atoms with Gasteiger partial charge in [0.05, 0.1) is 30.9 Å². The van der Waals surface area contributed by atoms with Crippen LogP contribution in [0.15, 0.2) is 12.1 Å². The van der Waals surface area contributed by atoms with E-state index >= 15 is 0 Å². The number of hydrogen-bond donors (Lipinski definition) is 1. The normalized spacial score (nSPS) is 18.7. The second-order valence-corrected chi connectivity index (χ2v) is 8.16. The van der Waals surface area contributed by atoms with Gasteiger partial charge in [0.2, 0.25) is 5.91 Å². The lowest BCUT2D eigenvalue weighted by Gasteiger charge is -2.20. The maximum Gasteiger partial charge on any atom is 0.414 e. The second kappa shape index (κ2) is 7.88. The van der Waals surface area contributed by atoms with Crippen molar-refractivity contribution in [1.82, 2.24) is 5.32 Å². The lowest BCUT2D eigenvalue weighted by atomic mass is 10.1. The van der Waals surface area contributed by atoms with E-state index in [9.17, 15) is 18.8 Å². The van der Waals surface area contributed by atoms with E-state index in [2.05, 4.69) is 5.32 Å². The van der Waals surface area contributed by atoms with Crippen LogP contribution in [0.5, 0.6) is 0 Å². The van der Waals surface area contributed by atoms with Crippen molar-refractivity contribution in [3.63, 3.8) is 0 Å². The van der Waals surface area contributed by atoms with Crippen LogP contribution in [0.1, 0.15) is 39.7 Å². The van der Waals surface area contributed by atoms with Crippen molar-refractivity contribution in [3.8, 4) is 0 Å². The summed E-state index contributed by atoms with van der Waals surface area (Å²) in [6.45, 7) is 7.85. The van der Waals surface area contributed by atoms with Gasteiger partial charge in [-0.2, -0.15) is 0 Å². The van der Waals surface area contributed by atoms with Crippen LogP contribution in [-0.2, 0) is 20.7 Å². The number of carbonyl (C=O) groups is 3. The van der Waals surface area contributed by atoms with Crippen LogP contribution in [0.2, 0.25) is 0 Å². The molecule has 1 N–H and O–H groups in total. The van der Waals surface area contributed by atoms with Gasteiger partial charge in [0.1, 0.15) is 17.5 Å². The monoisotopic (exact) mass is 407 g/mol. The zero-order chi connectivity index (χ0) is 21.3. The number of anilines is 2. The van der Waals surface area contributed by atoms with Gasteiger partial charge in [-0.15, -0.1) is 0 Å². The molecule has 29 heavy (non-hydrogen) atoms. The molecule has 0 aliphatic carbocycles. The van der Waals surface area contributed by atoms with E-state index in [-0.39, 0.29) is 31.1 Å². The Morgan fingerprint density at radius 1 is 1.34 bits per heavy atom. The third kappa shape index (κ3) is 4.60. The van der Waals surface area contributed by atoms with E-state index in [4.69, 9.17) is 9.47 Å². The minimum Gasteiger partial charge on any atom is -0.444 e. The summed E-state index contributed by atoms with van der Waals surface area (Å²) in [6, 6.07) is 2.89. The van der Waals surface area contributed by atoms with E-state index in [0.717, 1.165) is 6.42 Å². The van der Waals surface area contributed by atoms with E-state index in [1.807, 2.05) is 6.92 Å². The maximum absolute atomic E-state index is 14.7. The van der Waals surface area contributed by atoms with Crippen LogP contribution in [0.25, 0.3) is 0 Å². The van der Waals surface area contributed by atoms with Gasteiger partial charge < -0.3 is 19.7 Å². The first-order valence-corrected chi connectivity index (χ1v) is 9.67. The van der Waals surface area contributed by atoms with Crippen molar-refractivity contribution >= 4 is 29.5 Å². The number of cyclic esters (lactones) is 1. The number of nitrogens with zero attached hydrogens (tertiary/aromatic N) is 2.